The number of nitrogens with one attached hydrogen (secondary N) is 1. The number of nitrogens with zero attached hydrogens (tertiary/aromatic N) is 1. The Labute approximate surface area is 164 Å². The van der Waals surface area contributed by atoms with E-state index in [9.17, 15) is 4.79 Å². The average molecular weight is 387 g/mol. The number of carbonyl (C=O) groups is 1. The average Bonchev–Trinajstić information content (AvgIpc) is 3.43. The summed E-state index contributed by atoms with van der Waals surface area (Å²) in [6.07, 6.45) is 5.31. The van der Waals surface area contributed by atoms with E-state index in [2.05, 4.69) is 17.2 Å². The van der Waals surface area contributed by atoms with Crippen molar-refractivity contribution in [2.24, 2.45) is 17.8 Å². The number of methoxy groups -OCH3 is 2. The third-order valence-electron chi connectivity index (χ3n) is 6.16. The summed E-state index contributed by atoms with van der Waals surface area (Å²) in [7, 11) is 3.22. The molecule has 1 aromatic carbocycles. The Morgan fingerprint density at radius 3 is 2.78 bits per heavy atom. The first-order valence-corrected chi connectivity index (χ1v) is 10.5. The number of thiazole rings is 1. The number of amides is 1. The Kier molecular flexibility index (Phi) is 5.08. The highest BCUT2D eigenvalue weighted by atomic mass is 32.1. The van der Waals surface area contributed by atoms with Gasteiger partial charge in [0, 0.05) is 11.4 Å². The van der Waals surface area contributed by atoms with Crippen LogP contribution in [0.1, 0.15) is 43.1 Å². The molecule has 27 heavy (non-hydrogen) atoms. The van der Waals surface area contributed by atoms with Crippen molar-refractivity contribution in [1.82, 2.24) is 10.3 Å². The summed E-state index contributed by atoms with van der Waals surface area (Å²) in [5.41, 5.74) is 1.30. The summed E-state index contributed by atoms with van der Waals surface area (Å²) >= 11 is 1.44. The molecule has 0 unspecified atom stereocenters. The van der Waals surface area contributed by atoms with Gasteiger partial charge in [-0.1, -0.05) is 12.5 Å². The minimum atomic E-state index is -0.0883. The highest BCUT2D eigenvalue weighted by molar-refractivity contribution is 7.13. The molecule has 5 nitrogen and oxygen atoms in total. The second-order valence-electron chi connectivity index (χ2n) is 7.68. The number of rotatable bonds is 6. The van der Waals surface area contributed by atoms with Crippen molar-refractivity contribution in [3.05, 3.63) is 29.3 Å². The van der Waals surface area contributed by atoms with Crippen LogP contribution in [0.3, 0.4) is 0 Å². The van der Waals surface area contributed by atoms with E-state index >= 15 is 0 Å². The van der Waals surface area contributed by atoms with Gasteiger partial charge in [-0.05, 0) is 56.1 Å². The lowest BCUT2D eigenvalue weighted by molar-refractivity contribution is 0.0911. The van der Waals surface area contributed by atoms with Crippen LogP contribution < -0.4 is 14.8 Å². The maximum absolute atomic E-state index is 12.7. The first-order valence-electron chi connectivity index (χ1n) is 9.58. The number of hydrogen-bond donors (Lipinski definition) is 1. The summed E-state index contributed by atoms with van der Waals surface area (Å²) in [4.78, 5) is 17.3. The molecule has 1 aromatic heterocycles. The maximum Gasteiger partial charge on any atom is 0.270 e. The Balaban J connectivity index is 1.48. The summed E-state index contributed by atoms with van der Waals surface area (Å²) in [6.45, 7) is 2.14. The van der Waals surface area contributed by atoms with Gasteiger partial charge in [0.1, 0.15) is 10.7 Å². The lowest BCUT2D eigenvalue weighted by Crippen LogP contribution is -2.40. The van der Waals surface area contributed by atoms with Gasteiger partial charge in [-0.25, -0.2) is 4.98 Å². The third kappa shape index (κ3) is 3.43. The van der Waals surface area contributed by atoms with Crippen LogP contribution in [-0.2, 0) is 0 Å². The lowest BCUT2D eigenvalue weighted by atomic mass is 9.84. The van der Waals surface area contributed by atoms with Gasteiger partial charge in [-0.2, -0.15) is 0 Å². The van der Waals surface area contributed by atoms with E-state index in [0.717, 1.165) is 22.4 Å². The quantitative estimate of drug-likeness (QED) is 0.800. The fourth-order valence-corrected chi connectivity index (χ4v) is 5.67. The zero-order chi connectivity index (χ0) is 19.0. The molecule has 0 aliphatic heterocycles. The van der Waals surface area contributed by atoms with Crippen LogP contribution in [0, 0.1) is 17.8 Å². The Bertz CT molecular complexity index is 835. The molecule has 4 atom stereocenters. The van der Waals surface area contributed by atoms with Crippen LogP contribution in [0.4, 0.5) is 0 Å². The van der Waals surface area contributed by atoms with Crippen LogP contribution in [0.15, 0.2) is 23.6 Å². The Morgan fingerprint density at radius 1 is 1.26 bits per heavy atom. The number of para-hydroxylation sites is 1. The van der Waals surface area contributed by atoms with Crippen molar-refractivity contribution in [2.45, 2.75) is 38.6 Å². The van der Waals surface area contributed by atoms with E-state index in [1.165, 1.54) is 37.0 Å². The molecule has 2 fully saturated rings. The van der Waals surface area contributed by atoms with Gasteiger partial charge in [0.15, 0.2) is 11.5 Å². The molecule has 2 saturated carbocycles. The van der Waals surface area contributed by atoms with Gasteiger partial charge in [0.05, 0.1) is 19.8 Å². The van der Waals surface area contributed by atoms with Crippen LogP contribution in [0.25, 0.3) is 10.6 Å². The van der Waals surface area contributed by atoms with Gasteiger partial charge in [0.25, 0.3) is 5.91 Å². The highest BCUT2D eigenvalue weighted by Gasteiger charge is 2.42. The van der Waals surface area contributed by atoms with Gasteiger partial charge in [0.2, 0.25) is 0 Å². The molecule has 2 aromatic rings. The minimum absolute atomic E-state index is 0.0883. The predicted molar refractivity (Wildman–Crippen MR) is 107 cm³/mol. The zero-order valence-electron chi connectivity index (χ0n) is 16.0. The molecule has 1 N–H and O–H groups in total. The Morgan fingerprint density at radius 2 is 2.11 bits per heavy atom. The second-order valence-corrected chi connectivity index (χ2v) is 8.54. The SMILES string of the molecule is COc1cccc(-c2nc(C(=O)N[C@@H](C)[C@@H]3C[C@H]4CC[C@H]3C4)cs2)c1OC. The van der Waals surface area contributed by atoms with Crippen LogP contribution in [0.5, 0.6) is 11.5 Å². The van der Waals surface area contributed by atoms with E-state index in [4.69, 9.17) is 9.47 Å². The summed E-state index contributed by atoms with van der Waals surface area (Å²) < 4.78 is 10.9. The molecule has 0 spiro atoms. The van der Waals surface area contributed by atoms with Crippen molar-refractivity contribution in [2.75, 3.05) is 14.2 Å². The molecule has 6 heteroatoms. The van der Waals surface area contributed by atoms with Crippen LogP contribution >= 0.6 is 11.3 Å². The van der Waals surface area contributed by atoms with Crippen molar-refractivity contribution in [3.8, 4) is 22.1 Å². The molecule has 4 rings (SSSR count). The van der Waals surface area contributed by atoms with Crippen molar-refractivity contribution < 1.29 is 14.3 Å². The smallest absolute Gasteiger partial charge is 0.270 e. The standard InChI is InChI=1S/C21H26N2O3S/c1-12(16-10-13-7-8-14(16)9-13)22-20(24)17-11-27-21(23-17)15-5-4-6-18(25-2)19(15)26-3/h4-6,11-14,16H,7-10H2,1-3H3,(H,22,24)/t12-,13-,14-,16-/m0/s1. The first kappa shape index (κ1) is 18.3. The van der Waals surface area contributed by atoms with Crippen LogP contribution in [-0.4, -0.2) is 31.2 Å². The van der Waals surface area contributed by atoms with Gasteiger partial charge in [-0.3, -0.25) is 4.79 Å². The fraction of sp³-hybridized carbons (Fsp3) is 0.524. The molecule has 0 radical (unpaired) electrons. The van der Waals surface area contributed by atoms with Crippen LogP contribution in [0.2, 0.25) is 0 Å². The third-order valence-corrected chi connectivity index (χ3v) is 7.04. The van der Waals surface area contributed by atoms with Gasteiger partial charge >= 0.3 is 0 Å². The largest absolute Gasteiger partial charge is 0.493 e. The molecule has 144 valence electrons. The van der Waals surface area contributed by atoms with E-state index < -0.39 is 0 Å². The van der Waals surface area contributed by atoms with E-state index in [1.807, 2.05) is 23.6 Å². The van der Waals surface area contributed by atoms with Crippen molar-refractivity contribution >= 4 is 17.2 Å². The first-order chi connectivity index (χ1) is 13.1. The molecular weight excluding hydrogens is 360 g/mol. The normalized spacial score (nSPS) is 24.6. The number of carbonyl (C=O) groups excluding carboxylic acids is 1. The number of ether oxygens (including phenoxy) is 2. The topological polar surface area (TPSA) is 60.5 Å². The molecule has 2 aliphatic rings. The van der Waals surface area contributed by atoms with Crippen molar-refractivity contribution in [3.63, 3.8) is 0 Å². The molecule has 1 heterocycles. The summed E-state index contributed by atoms with van der Waals surface area (Å²) in [5, 5.41) is 5.76. The van der Waals surface area contributed by atoms with E-state index in [-0.39, 0.29) is 11.9 Å². The lowest BCUT2D eigenvalue weighted by Gasteiger charge is -2.28. The second kappa shape index (κ2) is 7.50. The van der Waals surface area contributed by atoms with Crippen molar-refractivity contribution in [1.29, 1.82) is 0 Å². The van der Waals surface area contributed by atoms with E-state index in [0.29, 0.717) is 23.1 Å². The number of aromatic nitrogens is 1. The molecule has 1 amide bonds. The van der Waals surface area contributed by atoms with Gasteiger partial charge < -0.3 is 14.8 Å². The Hall–Kier alpha value is -2.08. The molecular formula is C21H26N2O3S. The molecule has 0 saturated heterocycles. The highest BCUT2D eigenvalue weighted by Crippen LogP contribution is 2.49. The predicted octanol–water partition coefficient (Wildman–Crippen LogP) is 4.38. The van der Waals surface area contributed by atoms with E-state index in [1.54, 1.807) is 14.2 Å². The number of benzene rings is 1. The summed E-state index contributed by atoms with van der Waals surface area (Å²) in [6, 6.07) is 5.87. The molecule has 2 aliphatic carbocycles. The maximum atomic E-state index is 12.7. The zero-order valence-corrected chi connectivity index (χ0v) is 16.8. The monoisotopic (exact) mass is 386 g/mol. The number of hydrogen-bond acceptors (Lipinski definition) is 5. The molecule has 2 bridgehead atoms. The minimum Gasteiger partial charge on any atom is -0.493 e. The number of fused-ring (bicyclic) bond motifs is 2. The fourth-order valence-electron chi connectivity index (χ4n) is 4.85. The summed E-state index contributed by atoms with van der Waals surface area (Å²) in [5.74, 6) is 3.49. The van der Waals surface area contributed by atoms with Gasteiger partial charge in [-0.15, -0.1) is 11.3 Å².